The first-order valence-corrected chi connectivity index (χ1v) is 10.8. The predicted molar refractivity (Wildman–Crippen MR) is 108 cm³/mol. The average molecular weight is 442 g/mol. The Labute approximate surface area is 171 Å². The standard InChI is InChI=1S/C19H17Cl2NO5S/c20-14-6-5-12(9-15(14)21)11-22-16-3-1-4-18(28(26,27)8-2-7-23)13(16)10-17(22)19(24)25/h1,3-6,9-10,23H,2,7-8,11H2,(H,24,25). The van der Waals surface area contributed by atoms with Crippen molar-refractivity contribution >= 4 is 49.9 Å². The second-order valence-corrected chi connectivity index (χ2v) is 9.15. The summed E-state index contributed by atoms with van der Waals surface area (Å²) in [5.74, 6) is -1.39. The number of hydrogen-bond acceptors (Lipinski definition) is 4. The van der Waals surface area contributed by atoms with Crippen molar-refractivity contribution in [2.24, 2.45) is 0 Å². The van der Waals surface area contributed by atoms with Crippen molar-refractivity contribution in [2.45, 2.75) is 17.9 Å². The van der Waals surface area contributed by atoms with E-state index in [2.05, 4.69) is 0 Å². The molecule has 3 aromatic rings. The maximum absolute atomic E-state index is 12.6. The van der Waals surface area contributed by atoms with Crippen LogP contribution >= 0.6 is 23.2 Å². The van der Waals surface area contributed by atoms with Gasteiger partial charge in [-0.25, -0.2) is 13.2 Å². The molecule has 28 heavy (non-hydrogen) atoms. The molecule has 0 saturated carbocycles. The number of carboxylic acids is 1. The molecular formula is C19H17Cl2NO5S. The molecule has 6 nitrogen and oxygen atoms in total. The van der Waals surface area contributed by atoms with E-state index in [1.54, 1.807) is 30.3 Å². The Bertz CT molecular complexity index is 1150. The molecule has 0 unspecified atom stereocenters. The van der Waals surface area contributed by atoms with E-state index in [1.165, 1.54) is 16.7 Å². The summed E-state index contributed by atoms with van der Waals surface area (Å²) in [6, 6.07) is 11.0. The first-order chi connectivity index (χ1) is 13.2. The minimum atomic E-state index is -3.67. The van der Waals surface area contributed by atoms with Crippen LogP contribution in [0.5, 0.6) is 0 Å². The molecule has 0 aliphatic heterocycles. The van der Waals surface area contributed by atoms with Gasteiger partial charge in [-0.15, -0.1) is 0 Å². The number of aliphatic hydroxyl groups excluding tert-OH is 1. The summed E-state index contributed by atoms with van der Waals surface area (Å²) in [6.07, 6.45) is 0.106. The van der Waals surface area contributed by atoms with Gasteiger partial charge in [-0.3, -0.25) is 0 Å². The van der Waals surface area contributed by atoms with Crippen LogP contribution < -0.4 is 0 Å². The Morgan fingerprint density at radius 3 is 2.46 bits per heavy atom. The molecule has 148 valence electrons. The second kappa shape index (κ2) is 8.13. The third kappa shape index (κ3) is 4.03. The van der Waals surface area contributed by atoms with Crippen LogP contribution in [0, 0.1) is 0 Å². The summed E-state index contributed by atoms with van der Waals surface area (Å²) in [5.41, 5.74) is 1.17. The van der Waals surface area contributed by atoms with Crippen molar-refractivity contribution in [1.82, 2.24) is 4.57 Å². The highest BCUT2D eigenvalue weighted by Crippen LogP contribution is 2.30. The van der Waals surface area contributed by atoms with Crippen LogP contribution in [0.1, 0.15) is 22.5 Å². The highest BCUT2D eigenvalue weighted by Gasteiger charge is 2.22. The summed E-state index contributed by atoms with van der Waals surface area (Å²) in [5, 5.41) is 19.6. The second-order valence-electron chi connectivity index (χ2n) is 6.25. The fourth-order valence-corrected chi connectivity index (χ4v) is 4.90. The molecule has 0 fully saturated rings. The molecule has 0 aliphatic rings. The molecule has 0 aliphatic carbocycles. The fraction of sp³-hybridized carbons (Fsp3) is 0.211. The Morgan fingerprint density at radius 1 is 1.07 bits per heavy atom. The molecule has 0 atom stereocenters. The third-order valence-electron chi connectivity index (χ3n) is 4.36. The quantitative estimate of drug-likeness (QED) is 0.580. The van der Waals surface area contributed by atoms with Crippen molar-refractivity contribution < 1.29 is 23.4 Å². The first-order valence-electron chi connectivity index (χ1n) is 8.37. The lowest BCUT2D eigenvalue weighted by Crippen LogP contribution is -2.10. The van der Waals surface area contributed by atoms with E-state index in [0.717, 1.165) is 5.56 Å². The molecular weight excluding hydrogens is 425 g/mol. The first kappa shape index (κ1) is 20.7. The number of hydrogen-bond donors (Lipinski definition) is 2. The van der Waals surface area contributed by atoms with Crippen LogP contribution in [-0.4, -0.2) is 41.5 Å². The number of aliphatic hydroxyl groups is 1. The van der Waals surface area contributed by atoms with Gasteiger partial charge in [-0.1, -0.05) is 35.3 Å². The molecule has 2 N–H and O–H groups in total. The smallest absolute Gasteiger partial charge is 0.352 e. The van der Waals surface area contributed by atoms with E-state index in [4.69, 9.17) is 28.3 Å². The van der Waals surface area contributed by atoms with Crippen molar-refractivity contribution in [1.29, 1.82) is 0 Å². The summed E-state index contributed by atoms with van der Waals surface area (Å²) in [4.78, 5) is 11.8. The number of sulfone groups is 1. The predicted octanol–water partition coefficient (Wildman–Crippen LogP) is 3.85. The minimum Gasteiger partial charge on any atom is -0.477 e. The molecule has 1 heterocycles. The summed E-state index contributed by atoms with van der Waals surface area (Å²) >= 11 is 12.0. The van der Waals surface area contributed by atoms with Gasteiger partial charge in [0.2, 0.25) is 0 Å². The number of nitrogens with zero attached hydrogens (tertiary/aromatic N) is 1. The molecule has 3 rings (SSSR count). The normalized spacial score (nSPS) is 11.8. The number of halogens is 2. The zero-order valence-corrected chi connectivity index (χ0v) is 16.9. The summed E-state index contributed by atoms with van der Waals surface area (Å²) < 4.78 is 26.8. The average Bonchev–Trinajstić information content (AvgIpc) is 3.02. The molecule has 0 spiro atoms. The molecule has 2 aromatic carbocycles. The van der Waals surface area contributed by atoms with Gasteiger partial charge in [0.05, 0.1) is 26.2 Å². The number of rotatable bonds is 7. The maximum Gasteiger partial charge on any atom is 0.352 e. The van der Waals surface area contributed by atoms with Gasteiger partial charge in [0.15, 0.2) is 9.84 Å². The number of carbonyl (C=O) groups is 1. The van der Waals surface area contributed by atoms with Gasteiger partial charge in [-0.2, -0.15) is 0 Å². The van der Waals surface area contributed by atoms with Crippen LogP contribution in [0.2, 0.25) is 10.0 Å². The van der Waals surface area contributed by atoms with E-state index in [-0.39, 0.29) is 35.9 Å². The summed E-state index contributed by atoms with van der Waals surface area (Å²) in [7, 11) is -3.67. The zero-order chi connectivity index (χ0) is 20.5. The Balaban J connectivity index is 2.17. The van der Waals surface area contributed by atoms with Crippen LogP contribution in [-0.2, 0) is 16.4 Å². The number of benzene rings is 2. The van der Waals surface area contributed by atoms with Crippen molar-refractivity contribution in [3.63, 3.8) is 0 Å². The van der Waals surface area contributed by atoms with Crippen molar-refractivity contribution in [3.8, 4) is 0 Å². The largest absolute Gasteiger partial charge is 0.477 e. The highest BCUT2D eigenvalue weighted by molar-refractivity contribution is 7.91. The van der Waals surface area contributed by atoms with E-state index in [0.29, 0.717) is 20.9 Å². The lowest BCUT2D eigenvalue weighted by molar-refractivity contribution is 0.0686. The van der Waals surface area contributed by atoms with Crippen LogP contribution in [0.15, 0.2) is 47.4 Å². The van der Waals surface area contributed by atoms with Gasteiger partial charge in [-0.05, 0) is 42.3 Å². The number of carboxylic acid groups (broad SMARTS) is 1. The minimum absolute atomic E-state index is 0.0362. The van der Waals surface area contributed by atoms with Gasteiger partial charge < -0.3 is 14.8 Å². The van der Waals surface area contributed by atoms with Crippen LogP contribution in [0.3, 0.4) is 0 Å². The van der Waals surface area contributed by atoms with E-state index in [1.807, 2.05) is 0 Å². The number of aromatic nitrogens is 1. The molecule has 0 amide bonds. The molecule has 9 heteroatoms. The monoisotopic (exact) mass is 441 g/mol. The number of fused-ring (bicyclic) bond motifs is 1. The van der Waals surface area contributed by atoms with Crippen LogP contribution in [0.4, 0.5) is 0 Å². The Morgan fingerprint density at radius 2 is 1.82 bits per heavy atom. The van der Waals surface area contributed by atoms with Gasteiger partial charge in [0.1, 0.15) is 5.69 Å². The lowest BCUT2D eigenvalue weighted by Gasteiger charge is -2.10. The number of aromatic carboxylic acids is 1. The molecule has 0 bridgehead atoms. The highest BCUT2D eigenvalue weighted by atomic mass is 35.5. The maximum atomic E-state index is 12.6. The SMILES string of the molecule is O=C(O)c1cc2c(S(=O)(=O)CCCO)cccc2n1Cc1ccc(Cl)c(Cl)c1. The van der Waals surface area contributed by atoms with E-state index >= 15 is 0 Å². The summed E-state index contributed by atoms with van der Waals surface area (Å²) in [6.45, 7) is -0.0594. The van der Waals surface area contributed by atoms with Gasteiger partial charge in [0.25, 0.3) is 0 Å². The van der Waals surface area contributed by atoms with Crippen LogP contribution in [0.25, 0.3) is 10.9 Å². The molecule has 0 radical (unpaired) electrons. The molecule has 0 saturated heterocycles. The lowest BCUT2D eigenvalue weighted by atomic mass is 10.2. The van der Waals surface area contributed by atoms with Crippen molar-refractivity contribution in [2.75, 3.05) is 12.4 Å². The zero-order valence-electron chi connectivity index (χ0n) is 14.6. The topological polar surface area (TPSA) is 96.6 Å². The van der Waals surface area contributed by atoms with Gasteiger partial charge >= 0.3 is 5.97 Å². The third-order valence-corrected chi connectivity index (χ3v) is 6.95. The van der Waals surface area contributed by atoms with E-state index in [9.17, 15) is 18.3 Å². The van der Waals surface area contributed by atoms with Crippen molar-refractivity contribution in [3.05, 3.63) is 63.8 Å². The Hall–Kier alpha value is -2.06. The Kier molecular flexibility index (Phi) is 6.00. The molecule has 1 aromatic heterocycles. The fourth-order valence-electron chi connectivity index (χ4n) is 3.06. The van der Waals surface area contributed by atoms with E-state index < -0.39 is 15.8 Å². The van der Waals surface area contributed by atoms with Gasteiger partial charge in [0, 0.05) is 18.5 Å².